The lowest BCUT2D eigenvalue weighted by Crippen LogP contribution is -2.11. The minimum atomic E-state index is 0.876. The van der Waals surface area contributed by atoms with E-state index in [0.717, 1.165) is 30.2 Å². The third kappa shape index (κ3) is 3.34. The van der Waals surface area contributed by atoms with Gasteiger partial charge in [0.05, 0.1) is 0 Å². The van der Waals surface area contributed by atoms with Gasteiger partial charge in [0.2, 0.25) is 0 Å². The lowest BCUT2D eigenvalue weighted by Gasteiger charge is -2.10. The van der Waals surface area contributed by atoms with Crippen molar-refractivity contribution in [1.82, 2.24) is 5.32 Å². The average molecular weight is 241 g/mol. The van der Waals surface area contributed by atoms with Crippen LogP contribution >= 0.6 is 0 Å². The minimum Gasteiger partial charge on any atom is -0.457 e. The van der Waals surface area contributed by atoms with Crippen molar-refractivity contribution in [2.24, 2.45) is 0 Å². The summed E-state index contributed by atoms with van der Waals surface area (Å²) < 4.78 is 5.90. The first-order valence-corrected chi connectivity index (χ1v) is 6.32. The van der Waals surface area contributed by atoms with Gasteiger partial charge < -0.3 is 10.1 Å². The zero-order valence-corrected chi connectivity index (χ0v) is 10.9. The first kappa shape index (κ1) is 12.7. The lowest BCUT2D eigenvalue weighted by atomic mass is 10.2. The zero-order valence-electron chi connectivity index (χ0n) is 10.9. The van der Waals surface area contributed by atoms with Crippen LogP contribution in [0, 0.1) is 6.92 Å². The topological polar surface area (TPSA) is 21.3 Å². The van der Waals surface area contributed by atoms with Gasteiger partial charge in [-0.2, -0.15) is 0 Å². The van der Waals surface area contributed by atoms with Crippen molar-refractivity contribution in [3.63, 3.8) is 0 Å². The maximum atomic E-state index is 5.90. The third-order valence-electron chi connectivity index (χ3n) is 2.80. The molecule has 94 valence electrons. The summed E-state index contributed by atoms with van der Waals surface area (Å²) in [6.07, 6.45) is 0. The fourth-order valence-corrected chi connectivity index (χ4v) is 1.79. The zero-order chi connectivity index (χ0) is 12.8. The Morgan fingerprint density at radius 2 is 1.89 bits per heavy atom. The van der Waals surface area contributed by atoms with Gasteiger partial charge in [0.25, 0.3) is 0 Å². The molecule has 2 aromatic carbocycles. The van der Waals surface area contributed by atoms with Crippen LogP contribution in [0.1, 0.15) is 18.1 Å². The molecule has 0 atom stereocenters. The van der Waals surface area contributed by atoms with E-state index in [9.17, 15) is 0 Å². The highest BCUT2D eigenvalue weighted by molar-refractivity contribution is 5.38. The number of hydrogen-bond donors (Lipinski definition) is 1. The molecule has 0 bridgehead atoms. The second-order valence-electron chi connectivity index (χ2n) is 4.30. The molecule has 0 fully saturated rings. The molecule has 2 heteroatoms. The molecule has 0 aliphatic rings. The van der Waals surface area contributed by atoms with Crippen molar-refractivity contribution in [2.45, 2.75) is 20.4 Å². The Kier molecular flexibility index (Phi) is 4.37. The van der Waals surface area contributed by atoms with Gasteiger partial charge in [0, 0.05) is 6.54 Å². The third-order valence-corrected chi connectivity index (χ3v) is 2.80. The normalized spacial score (nSPS) is 10.3. The number of hydrogen-bond acceptors (Lipinski definition) is 2. The van der Waals surface area contributed by atoms with Crippen LogP contribution in [0.25, 0.3) is 0 Å². The molecule has 0 unspecified atom stereocenters. The number of rotatable bonds is 5. The Morgan fingerprint density at radius 1 is 1.06 bits per heavy atom. The number of ether oxygens (including phenoxy) is 1. The molecule has 0 saturated carbocycles. The quantitative estimate of drug-likeness (QED) is 0.857. The van der Waals surface area contributed by atoms with Crippen LogP contribution in [0.3, 0.4) is 0 Å². The summed E-state index contributed by atoms with van der Waals surface area (Å²) in [6.45, 7) is 6.01. The molecular formula is C16H19NO. The highest BCUT2D eigenvalue weighted by Gasteiger charge is 2.01. The van der Waals surface area contributed by atoms with E-state index >= 15 is 0 Å². The average Bonchev–Trinajstić information content (AvgIpc) is 2.40. The predicted molar refractivity (Wildman–Crippen MR) is 75.1 cm³/mol. The molecule has 0 spiro atoms. The van der Waals surface area contributed by atoms with Crippen LogP contribution in [0.4, 0.5) is 0 Å². The standard InChI is InChI=1S/C16H19NO/c1-3-17-12-14-8-6-9-15(11-14)18-16-10-5-4-7-13(16)2/h4-11,17H,3,12H2,1-2H3. The van der Waals surface area contributed by atoms with Crippen LogP contribution < -0.4 is 10.1 Å². The van der Waals surface area contributed by atoms with Crippen molar-refractivity contribution in [3.05, 3.63) is 59.7 Å². The Morgan fingerprint density at radius 3 is 2.67 bits per heavy atom. The maximum Gasteiger partial charge on any atom is 0.130 e. The van der Waals surface area contributed by atoms with Crippen LogP contribution in [0.15, 0.2) is 48.5 Å². The van der Waals surface area contributed by atoms with E-state index in [1.54, 1.807) is 0 Å². The van der Waals surface area contributed by atoms with E-state index in [1.807, 2.05) is 30.3 Å². The Balaban J connectivity index is 2.12. The summed E-state index contributed by atoms with van der Waals surface area (Å²) in [4.78, 5) is 0. The minimum absolute atomic E-state index is 0.876. The molecule has 2 rings (SSSR count). The molecule has 0 aromatic heterocycles. The van der Waals surface area contributed by atoms with Crippen LogP contribution in [-0.2, 0) is 6.54 Å². The first-order valence-electron chi connectivity index (χ1n) is 6.32. The largest absolute Gasteiger partial charge is 0.457 e. The predicted octanol–water partition coefficient (Wildman–Crippen LogP) is 3.90. The summed E-state index contributed by atoms with van der Waals surface area (Å²) >= 11 is 0. The van der Waals surface area contributed by atoms with E-state index < -0.39 is 0 Å². The van der Waals surface area contributed by atoms with Gasteiger partial charge >= 0.3 is 0 Å². The van der Waals surface area contributed by atoms with Gasteiger partial charge in [-0.05, 0) is 42.8 Å². The van der Waals surface area contributed by atoms with Crippen LogP contribution in [-0.4, -0.2) is 6.54 Å². The first-order chi connectivity index (χ1) is 8.79. The van der Waals surface area contributed by atoms with Gasteiger partial charge in [0.1, 0.15) is 11.5 Å². The monoisotopic (exact) mass is 241 g/mol. The molecule has 1 N–H and O–H groups in total. The summed E-state index contributed by atoms with van der Waals surface area (Å²) in [5.74, 6) is 1.80. The van der Waals surface area contributed by atoms with Gasteiger partial charge in [-0.1, -0.05) is 37.3 Å². The lowest BCUT2D eigenvalue weighted by molar-refractivity contribution is 0.478. The molecule has 2 nitrogen and oxygen atoms in total. The smallest absolute Gasteiger partial charge is 0.130 e. The Hall–Kier alpha value is -1.80. The number of aryl methyl sites for hydroxylation is 1. The van der Waals surface area contributed by atoms with Crippen molar-refractivity contribution < 1.29 is 4.74 Å². The summed E-state index contributed by atoms with van der Waals surface area (Å²) in [5.41, 5.74) is 2.39. The molecule has 0 saturated heterocycles. The van der Waals surface area contributed by atoms with E-state index in [2.05, 4.69) is 37.4 Å². The van der Waals surface area contributed by atoms with E-state index in [4.69, 9.17) is 4.74 Å². The van der Waals surface area contributed by atoms with E-state index in [1.165, 1.54) is 5.56 Å². The Labute approximate surface area is 109 Å². The second-order valence-corrected chi connectivity index (χ2v) is 4.30. The molecule has 0 radical (unpaired) electrons. The van der Waals surface area contributed by atoms with E-state index in [-0.39, 0.29) is 0 Å². The molecule has 0 heterocycles. The van der Waals surface area contributed by atoms with Crippen molar-refractivity contribution >= 4 is 0 Å². The highest BCUT2D eigenvalue weighted by atomic mass is 16.5. The van der Waals surface area contributed by atoms with Crippen molar-refractivity contribution in [3.8, 4) is 11.5 Å². The fourth-order valence-electron chi connectivity index (χ4n) is 1.79. The highest BCUT2D eigenvalue weighted by Crippen LogP contribution is 2.25. The summed E-state index contributed by atoms with van der Waals surface area (Å²) in [5, 5.41) is 3.31. The van der Waals surface area contributed by atoms with Crippen LogP contribution in [0.2, 0.25) is 0 Å². The maximum absolute atomic E-state index is 5.90. The number of para-hydroxylation sites is 1. The summed E-state index contributed by atoms with van der Waals surface area (Å²) in [6, 6.07) is 16.3. The van der Waals surface area contributed by atoms with Crippen molar-refractivity contribution in [2.75, 3.05) is 6.54 Å². The van der Waals surface area contributed by atoms with Gasteiger partial charge in [-0.15, -0.1) is 0 Å². The number of nitrogens with one attached hydrogen (secondary N) is 1. The molecule has 0 aliphatic carbocycles. The van der Waals surface area contributed by atoms with Gasteiger partial charge in [0.15, 0.2) is 0 Å². The fraction of sp³-hybridized carbons (Fsp3) is 0.250. The molecular weight excluding hydrogens is 222 g/mol. The molecule has 0 amide bonds. The molecule has 0 aliphatic heterocycles. The molecule has 2 aromatic rings. The molecule has 18 heavy (non-hydrogen) atoms. The second kappa shape index (κ2) is 6.22. The van der Waals surface area contributed by atoms with Gasteiger partial charge in [-0.25, -0.2) is 0 Å². The van der Waals surface area contributed by atoms with Crippen LogP contribution in [0.5, 0.6) is 11.5 Å². The summed E-state index contributed by atoms with van der Waals surface area (Å²) in [7, 11) is 0. The van der Waals surface area contributed by atoms with E-state index in [0.29, 0.717) is 0 Å². The number of benzene rings is 2. The van der Waals surface area contributed by atoms with Crippen molar-refractivity contribution in [1.29, 1.82) is 0 Å². The van der Waals surface area contributed by atoms with Gasteiger partial charge in [-0.3, -0.25) is 0 Å². The SMILES string of the molecule is CCNCc1cccc(Oc2ccccc2C)c1. The Bertz CT molecular complexity index is 508.